The lowest BCUT2D eigenvalue weighted by atomic mass is 9.92. The Morgan fingerprint density at radius 1 is 1.28 bits per heavy atom. The second-order valence-corrected chi connectivity index (χ2v) is 6.16. The fourth-order valence-electron chi connectivity index (χ4n) is 3.51. The first-order chi connectivity index (χ1) is 8.72. The van der Waals surface area contributed by atoms with E-state index >= 15 is 0 Å². The highest BCUT2D eigenvalue weighted by molar-refractivity contribution is 4.87. The van der Waals surface area contributed by atoms with Crippen molar-refractivity contribution in [2.24, 2.45) is 5.92 Å². The van der Waals surface area contributed by atoms with Crippen LogP contribution in [0.1, 0.15) is 46.5 Å². The molecule has 2 heterocycles. The van der Waals surface area contributed by atoms with E-state index in [9.17, 15) is 0 Å². The van der Waals surface area contributed by atoms with Crippen molar-refractivity contribution in [1.29, 1.82) is 0 Å². The minimum Gasteiger partial charge on any atom is -0.378 e. The van der Waals surface area contributed by atoms with Gasteiger partial charge < -0.3 is 10.1 Å². The van der Waals surface area contributed by atoms with Crippen LogP contribution in [0.15, 0.2) is 0 Å². The summed E-state index contributed by atoms with van der Waals surface area (Å²) in [6, 6.07) is 1.49. The van der Waals surface area contributed by atoms with Gasteiger partial charge in [-0.05, 0) is 44.7 Å². The number of rotatable bonds is 4. The van der Waals surface area contributed by atoms with Crippen LogP contribution >= 0.6 is 0 Å². The highest BCUT2D eigenvalue weighted by atomic mass is 16.5. The predicted molar refractivity (Wildman–Crippen MR) is 75.9 cm³/mol. The van der Waals surface area contributed by atoms with Gasteiger partial charge in [0.2, 0.25) is 0 Å². The summed E-state index contributed by atoms with van der Waals surface area (Å²) in [5.41, 5.74) is 0. The van der Waals surface area contributed by atoms with Crippen LogP contribution in [0.5, 0.6) is 0 Å². The highest BCUT2D eigenvalue weighted by Gasteiger charge is 2.32. The van der Waals surface area contributed by atoms with Crippen molar-refractivity contribution in [3.63, 3.8) is 0 Å². The van der Waals surface area contributed by atoms with Crippen molar-refractivity contribution < 1.29 is 4.74 Å². The average molecular weight is 254 g/mol. The highest BCUT2D eigenvalue weighted by Crippen LogP contribution is 2.26. The first kappa shape index (κ1) is 14.3. The van der Waals surface area contributed by atoms with Crippen LogP contribution in [0, 0.1) is 5.92 Å². The van der Waals surface area contributed by atoms with Crippen molar-refractivity contribution in [2.45, 2.75) is 64.6 Å². The van der Waals surface area contributed by atoms with Crippen LogP contribution in [0.25, 0.3) is 0 Å². The van der Waals surface area contributed by atoms with Crippen molar-refractivity contribution in [2.75, 3.05) is 26.2 Å². The van der Waals surface area contributed by atoms with Crippen molar-refractivity contribution in [3.05, 3.63) is 0 Å². The molecule has 2 aliphatic rings. The number of nitrogens with zero attached hydrogens (tertiary/aromatic N) is 1. The molecule has 0 amide bonds. The summed E-state index contributed by atoms with van der Waals surface area (Å²) in [6.45, 7) is 11.4. The maximum atomic E-state index is 5.91. The number of ether oxygens (including phenoxy) is 1. The lowest BCUT2D eigenvalue weighted by Gasteiger charge is -2.43. The van der Waals surface area contributed by atoms with Gasteiger partial charge >= 0.3 is 0 Å². The van der Waals surface area contributed by atoms with Crippen LogP contribution in [0.2, 0.25) is 0 Å². The zero-order chi connectivity index (χ0) is 13.0. The van der Waals surface area contributed by atoms with Crippen LogP contribution in [-0.4, -0.2) is 49.3 Å². The van der Waals surface area contributed by atoms with Crippen LogP contribution in [-0.2, 0) is 4.74 Å². The van der Waals surface area contributed by atoms with E-state index in [1.54, 1.807) is 0 Å². The summed E-state index contributed by atoms with van der Waals surface area (Å²) in [5.74, 6) is 0.649. The normalized spacial score (nSPS) is 34.2. The Balaban J connectivity index is 1.93. The standard InChI is InChI=1S/C15H30N2O/c1-4-17(14-6-5-8-16-11-14)13-7-9-18-15(10-13)12(2)3/h12-16H,4-11H2,1-3H3. The van der Waals surface area contributed by atoms with E-state index in [1.807, 2.05) is 0 Å². The smallest absolute Gasteiger partial charge is 0.0612 e. The van der Waals surface area contributed by atoms with Gasteiger partial charge in [0.15, 0.2) is 0 Å². The molecule has 0 radical (unpaired) electrons. The Hall–Kier alpha value is -0.120. The molecule has 2 saturated heterocycles. The van der Waals surface area contributed by atoms with Gasteiger partial charge in [-0.2, -0.15) is 0 Å². The lowest BCUT2D eigenvalue weighted by Crippen LogP contribution is -2.53. The quantitative estimate of drug-likeness (QED) is 0.833. The summed E-state index contributed by atoms with van der Waals surface area (Å²) in [6.07, 6.45) is 5.60. The molecule has 0 aromatic rings. The molecule has 0 aromatic carbocycles. The zero-order valence-electron chi connectivity index (χ0n) is 12.3. The molecule has 1 N–H and O–H groups in total. The summed E-state index contributed by atoms with van der Waals surface area (Å²) < 4.78 is 5.91. The molecule has 3 heteroatoms. The molecule has 3 atom stereocenters. The molecule has 0 aromatic heterocycles. The summed E-state index contributed by atoms with van der Waals surface area (Å²) in [5, 5.41) is 3.55. The Morgan fingerprint density at radius 3 is 2.72 bits per heavy atom. The van der Waals surface area contributed by atoms with E-state index in [4.69, 9.17) is 4.74 Å². The van der Waals surface area contributed by atoms with Gasteiger partial charge in [0.25, 0.3) is 0 Å². The maximum absolute atomic E-state index is 5.91. The number of likely N-dealkylation sites (N-methyl/N-ethyl adjacent to an activating group) is 1. The number of piperidine rings is 1. The fourth-order valence-corrected chi connectivity index (χ4v) is 3.51. The number of hydrogen-bond acceptors (Lipinski definition) is 3. The monoisotopic (exact) mass is 254 g/mol. The predicted octanol–water partition coefficient (Wildman–Crippen LogP) is 2.26. The number of hydrogen-bond donors (Lipinski definition) is 1. The van der Waals surface area contributed by atoms with Crippen LogP contribution in [0.3, 0.4) is 0 Å². The topological polar surface area (TPSA) is 24.5 Å². The molecule has 3 nitrogen and oxygen atoms in total. The molecule has 0 saturated carbocycles. The molecule has 106 valence electrons. The third-order valence-electron chi connectivity index (χ3n) is 4.61. The third-order valence-corrected chi connectivity index (χ3v) is 4.61. The van der Waals surface area contributed by atoms with Crippen molar-refractivity contribution >= 4 is 0 Å². The van der Waals surface area contributed by atoms with Gasteiger partial charge in [0, 0.05) is 25.2 Å². The molecule has 2 fully saturated rings. The molecular formula is C15H30N2O. The number of nitrogens with one attached hydrogen (secondary N) is 1. The SMILES string of the molecule is CCN(C1CCCNC1)C1CCOC(C(C)C)C1. The first-order valence-corrected chi connectivity index (χ1v) is 7.80. The summed E-state index contributed by atoms with van der Waals surface area (Å²) in [4.78, 5) is 2.74. The molecule has 0 spiro atoms. The maximum Gasteiger partial charge on any atom is 0.0612 e. The first-order valence-electron chi connectivity index (χ1n) is 7.80. The third kappa shape index (κ3) is 3.46. The zero-order valence-corrected chi connectivity index (χ0v) is 12.3. The van der Waals surface area contributed by atoms with Crippen LogP contribution in [0.4, 0.5) is 0 Å². The van der Waals surface area contributed by atoms with Gasteiger partial charge in [-0.1, -0.05) is 20.8 Å². The molecule has 3 unspecified atom stereocenters. The van der Waals surface area contributed by atoms with E-state index in [0.29, 0.717) is 12.0 Å². The Labute approximate surface area is 112 Å². The molecule has 0 bridgehead atoms. The molecular weight excluding hydrogens is 224 g/mol. The second-order valence-electron chi connectivity index (χ2n) is 6.16. The van der Waals surface area contributed by atoms with Gasteiger partial charge in [-0.25, -0.2) is 0 Å². The molecule has 0 aliphatic carbocycles. The van der Waals surface area contributed by atoms with E-state index in [2.05, 4.69) is 31.0 Å². The lowest BCUT2D eigenvalue weighted by molar-refractivity contribution is -0.0568. The summed E-state index contributed by atoms with van der Waals surface area (Å²) >= 11 is 0. The minimum atomic E-state index is 0.467. The summed E-state index contributed by atoms with van der Waals surface area (Å²) in [7, 11) is 0. The van der Waals surface area contributed by atoms with Gasteiger partial charge in [-0.15, -0.1) is 0 Å². The average Bonchev–Trinajstić information content (AvgIpc) is 2.41. The molecule has 18 heavy (non-hydrogen) atoms. The molecule has 2 rings (SSSR count). The fraction of sp³-hybridized carbons (Fsp3) is 1.00. The Morgan fingerprint density at radius 2 is 2.11 bits per heavy atom. The molecule has 2 aliphatic heterocycles. The van der Waals surface area contributed by atoms with Crippen molar-refractivity contribution in [3.8, 4) is 0 Å². The van der Waals surface area contributed by atoms with Gasteiger partial charge in [-0.3, -0.25) is 4.90 Å². The van der Waals surface area contributed by atoms with Gasteiger partial charge in [0.1, 0.15) is 0 Å². The second kappa shape index (κ2) is 6.88. The Kier molecular flexibility index (Phi) is 5.46. The van der Waals surface area contributed by atoms with E-state index in [0.717, 1.165) is 18.7 Å². The minimum absolute atomic E-state index is 0.467. The van der Waals surface area contributed by atoms with Gasteiger partial charge in [0.05, 0.1) is 6.10 Å². The van der Waals surface area contributed by atoms with E-state index in [1.165, 1.54) is 45.3 Å². The van der Waals surface area contributed by atoms with E-state index < -0.39 is 0 Å². The van der Waals surface area contributed by atoms with Crippen molar-refractivity contribution in [1.82, 2.24) is 10.2 Å². The largest absolute Gasteiger partial charge is 0.378 e. The van der Waals surface area contributed by atoms with Crippen LogP contribution < -0.4 is 5.32 Å². The van der Waals surface area contributed by atoms with E-state index in [-0.39, 0.29) is 0 Å². The Bertz CT molecular complexity index is 239.